The maximum atomic E-state index is 9.36. The molecule has 12 heavy (non-hydrogen) atoms. The molecule has 0 radical (unpaired) electrons. The number of aliphatic hydroxyl groups is 1. The summed E-state index contributed by atoms with van der Waals surface area (Å²) >= 11 is 7.52. The van der Waals surface area contributed by atoms with Gasteiger partial charge in [0.2, 0.25) is 0 Å². The van der Waals surface area contributed by atoms with Crippen molar-refractivity contribution in [1.29, 1.82) is 0 Å². The Balaban J connectivity index is 1.99. The summed E-state index contributed by atoms with van der Waals surface area (Å²) in [5, 5.41) is 11.4. The minimum Gasteiger partial charge on any atom is -0.393 e. The molecule has 1 heterocycles. The summed E-state index contributed by atoms with van der Waals surface area (Å²) in [6, 6.07) is 2.05. The fourth-order valence-corrected chi connectivity index (χ4v) is 2.49. The maximum Gasteiger partial charge on any atom is 0.0960 e. The van der Waals surface area contributed by atoms with Crippen molar-refractivity contribution < 1.29 is 5.11 Å². The second-order valence-corrected chi connectivity index (χ2v) is 4.85. The Morgan fingerprint density at radius 3 is 2.83 bits per heavy atom. The van der Waals surface area contributed by atoms with Crippen molar-refractivity contribution in [3.63, 3.8) is 0 Å². The number of aliphatic hydroxyl groups excluding tert-OH is 1. The van der Waals surface area contributed by atoms with E-state index in [0.29, 0.717) is 5.92 Å². The number of halogens is 1. The number of hydrogen-bond acceptors (Lipinski definition) is 2. The van der Waals surface area contributed by atoms with Crippen molar-refractivity contribution in [2.75, 3.05) is 0 Å². The number of rotatable bonds is 2. The third kappa shape index (κ3) is 1.51. The van der Waals surface area contributed by atoms with Crippen molar-refractivity contribution in [1.82, 2.24) is 0 Å². The lowest BCUT2D eigenvalue weighted by molar-refractivity contribution is 0.0245. The van der Waals surface area contributed by atoms with Crippen LogP contribution in [0.3, 0.4) is 0 Å². The van der Waals surface area contributed by atoms with E-state index in [2.05, 4.69) is 6.07 Å². The van der Waals surface area contributed by atoms with Gasteiger partial charge in [-0.05, 0) is 42.2 Å². The fourth-order valence-electron chi connectivity index (χ4n) is 1.54. The zero-order chi connectivity index (χ0) is 8.55. The summed E-state index contributed by atoms with van der Waals surface area (Å²) in [6.07, 6.45) is 2.98. The van der Waals surface area contributed by atoms with Gasteiger partial charge < -0.3 is 5.11 Å². The van der Waals surface area contributed by atoms with E-state index in [9.17, 15) is 5.11 Å². The van der Waals surface area contributed by atoms with Crippen LogP contribution in [0.25, 0.3) is 0 Å². The van der Waals surface area contributed by atoms with Gasteiger partial charge in [-0.25, -0.2) is 0 Å². The molecule has 1 aromatic heterocycles. The van der Waals surface area contributed by atoms with Crippen LogP contribution in [-0.4, -0.2) is 11.2 Å². The Kier molecular flexibility index (Phi) is 2.40. The topological polar surface area (TPSA) is 20.2 Å². The van der Waals surface area contributed by atoms with Crippen molar-refractivity contribution >= 4 is 22.9 Å². The van der Waals surface area contributed by atoms with Gasteiger partial charge in [-0.3, -0.25) is 0 Å². The zero-order valence-electron chi connectivity index (χ0n) is 6.66. The van der Waals surface area contributed by atoms with Crippen LogP contribution in [-0.2, 0) is 6.42 Å². The highest BCUT2D eigenvalue weighted by molar-refractivity contribution is 7.14. The van der Waals surface area contributed by atoms with Crippen LogP contribution >= 0.6 is 22.9 Å². The van der Waals surface area contributed by atoms with Gasteiger partial charge >= 0.3 is 0 Å². The van der Waals surface area contributed by atoms with Gasteiger partial charge in [0, 0.05) is 0 Å². The van der Waals surface area contributed by atoms with E-state index in [0.717, 1.165) is 23.6 Å². The maximum absolute atomic E-state index is 9.36. The lowest BCUT2D eigenvalue weighted by atomic mass is 9.78. The van der Waals surface area contributed by atoms with Crippen molar-refractivity contribution in [3.8, 4) is 0 Å². The van der Waals surface area contributed by atoms with Crippen LogP contribution in [0.4, 0.5) is 0 Å². The lowest BCUT2D eigenvalue weighted by Crippen LogP contribution is -2.32. The lowest BCUT2D eigenvalue weighted by Gasteiger charge is -2.32. The third-order valence-corrected chi connectivity index (χ3v) is 3.80. The fraction of sp³-hybridized carbons (Fsp3) is 0.556. The van der Waals surface area contributed by atoms with Gasteiger partial charge in [0.25, 0.3) is 0 Å². The molecule has 66 valence electrons. The van der Waals surface area contributed by atoms with E-state index in [1.54, 1.807) is 11.3 Å². The summed E-state index contributed by atoms with van der Waals surface area (Å²) in [5.41, 5.74) is 1.20. The Bertz CT molecular complexity index is 271. The summed E-state index contributed by atoms with van der Waals surface area (Å²) in [5.74, 6) is 0.456. The van der Waals surface area contributed by atoms with E-state index in [4.69, 9.17) is 11.6 Å². The Morgan fingerprint density at radius 2 is 2.42 bits per heavy atom. The van der Waals surface area contributed by atoms with Crippen LogP contribution in [0.1, 0.15) is 18.4 Å². The standard InChI is InChI=1S/C9H11ClOS/c10-9-7(3-4-12-9)5-6-1-2-8(6)11/h3-4,6,8,11H,1-2,5H2. The molecule has 2 rings (SSSR count). The summed E-state index contributed by atoms with van der Waals surface area (Å²) in [6.45, 7) is 0. The van der Waals surface area contributed by atoms with E-state index >= 15 is 0 Å². The number of hydrogen-bond donors (Lipinski definition) is 1. The minimum atomic E-state index is -0.0824. The molecule has 1 saturated carbocycles. The first-order valence-corrected chi connectivity index (χ1v) is 5.43. The first kappa shape index (κ1) is 8.54. The molecular weight excluding hydrogens is 192 g/mol. The monoisotopic (exact) mass is 202 g/mol. The van der Waals surface area contributed by atoms with Crippen LogP contribution in [0.2, 0.25) is 4.34 Å². The van der Waals surface area contributed by atoms with Crippen molar-refractivity contribution in [2.45, 2.75) is 25.4 Å². The Morgan fingerprint density at radius 1 is 1.58 bits per heavy atom. The summed E-state index contributed by atoms with van der Waals surface area (Å²) < 4.78 is 0.883. The first-order chi connectivity index (χ1) is 5.77. The van der Waals surface area contributed by atoms with E-state index in [1.165, 1.54) is 5.56 Å². The van der Waals surface area contributed by atoms with Gasteiger partial charge in [-0.2, -0.15) is 0 Å². The van der Waals surface area contributed by atoms with Gasteiger partial charge in [0.1, 0.15) is 0 Å². The van der Waals surface area contributed by atoms with E-state index in [1.807, 2.05) is 5.38 Å². The molecule has 3 heteroatoms. The molecule has 0 aliphatic heterocycles. The van der Waals surface area contributed by atoms with Crippen LogP contribution in [0.15, 0.2) is 11.4 Å². The smallest absolute Gasteiger partial charge is 0.0960 e. The van der Waals surface area contributed by atoms with Crippen molar-refractivity contribution in [2.24, 2.45) is 5.92 Å². The van der Waals surface area contributed by atoms with Crippen LogP contribution in [0.5, 0.6) is 0 Å². The van der Waals surface area contributed by atoms with Gasteiger partial charge in [0.05, 0.1) is 10.4 Å². The van der Waals surface area contributed by atoms with Crippen molar-refractivity contribution in [3.05, 3.63) is 21.3 Å². The van der Waals surface area contributed by atoms with E-state index < -0.39 is 0 Å². The largest absolute Gasteiger partial charge is 0.393 e. The molecular formula is C9H11ClOS. The van der Waals surface area contributed by atoms with Gasteiger partial charge in [-0.1, -0.05) is 11.6 Å². The Labute approximate surface area is 81.0 Å². The molecule has 2 unspecified atom stereocenters. The molecule has 0 aromatic carbocycles. The minimum absolute atomic E-state index is 0.0824. The summed E-state index contributed by atoms with van der Waals surface area (Å²) in [4.78, 5) is 0. The third-order valence-electron chi connectivity index (χ3n) is 2.55. The first-order valence-electron chi connectivity index (χ1n) is 4.17. The van der Waals surface area contributed by atoms with Crippen LogP contribution < -0.4 is 0 Å². The highest BCUT2D eigenvalue weighted by Crippen LogP contribution is 2.33. The zero-order valence-corrected chi connectivity index (χ0v) is 8.24. The predicted octanol–water partition coefficient (Wildman–Crippen LogP) is 2.71. The molecule has 0 amide bonds. The molecule has 1 aliphatic carbocycles. The van der Waals surface area contributed by atoms with Gasteiger partial charge in [-0.15, -0.1) is 11.3 Å². The highest BCUT2D eigenvalue weighted by atomic mass is 35.5. The second-order valence-electron chi connectivity index (χ2n) is 3.33. The molecule has 1 aliphatic rings. The predicted molar refractivity (Wildman–Crippen MR) is 51.8 cm³/mol. The molecule has 0 spiro atoms. The molecule has 0 saturated heterocycles. The average Bonchev–Trinajstić information content (AvgIpc) is 2.44. The van der Waals surface area contributed by atoms with E-state index in [-0.39, 0.29) is 6.10 Å². The van der Waals surface area contributed by atoms with Crippen LogP contribution in [0, 0.1) is 5.92 Å². The quantitative estimate of drug-likeness (QED) is 0.782. The molecule has 1 nitrogen and oxygen atoms in total. The molecule has 1 fully saturated rings. The molecule has 1 N–H and O–H groups in total. The SMILES string of the molecule is OC1CCC1Cc1ccsc1Cl. The highest BCUT2D eigenvalue weighted by Gasteiger charge is 2.29. The molecule has 0 bridgehead atoms. The summed E-state index contributed by atoms with van der Waals surface area (Å²) in [7, 11) is 0. The van der Waals surface area contributed by atoms with Gasteiger partial charge in [0.15, 0.2) is 0 Å². The average molecular weight is 203 g/mol. The molecule has 1 aromatic rings. The second kappa shape index (κ2) is 3.36. The number of thiophene rings is 1. The Hall–Kier alpha value is -0.0500. The normalized spacial score (nSPS) is 28.5. The molecule has 2 atom stereocenters.